The van der Waals surface area contributed by atoms with Gasteiger partial charge < -0.3 is 10.0 Å². The zero-order chi connectivity index (χ0) is 19.7. The number of aromatic nitrogens is 1. The summed E-state index contributed by atoms with van der Waals surface area (Å²) in [7, 11) is 0. The van der Waals surface area contributed by atoms with Crippen LogP contribution in [0.1, 0.15) is 26.8 Å². The van der Waals surface area contributed by atoms with Crippen molar-refractivity contribution in [2.24, 2.45) is 0 Å². The van der Waals surface area contributed by atoms with Gasteiger partial charge in [-0.05, 0) is 35.2 Å². The van der Waals surface area contributed by atoms with E-state index in [2.05, 4.69) is 4.98 Å². The first-order valence-corrected chi connectivity index (χ1v) is 9.41. The molecule has 1 N–H and O–H groups in total. The summed E-state index contributed by atoms with van der Waals surface area (Å²) in [6.45, 7) is 0.103. The Morgan fingerprint density at radius 1 is 1.14 bits per heavy atom. The number of nitrogens with zero attached hydrogens (tertiary/aromatic N) is 2. The Bertz CT molecular complexity index is 1060. The minimum absolute atomic E-state index is 0.103. The van der Waals surface area contributed by atoms with Crippen LogP contribution in [-0.2, 0) is 11.3 Å². The van der Waals surface area contributed by atoms with Gasteiger partial charge in [-0.2, -0.15) is 0 Å². The summed E-state index contributed by atoms with van der Waals surface area (Å²) < 4.78 is 14.6. The summed E-state index contributed by atoms with van der Waals surface area (Å²) in [5.74, 6) is -2.37. The minimum atomic E-state index is -1.02. The maximum atomic E-state index is 14.6. The Labute approximate surface area is 164 Å². The van der Waals surface area contributed by atoms with E-state index in [-0.39, 0.29) is 17.7 Å². The number of rotatable bonds is 5. The number of pyridine rings is 1. The lowest BCUT2D eigenvalue weighted by molar-refractivity contribution is -0.130. The maximum Gasteiger partial charge on any atom is 0.290 e. The van der Waals surface area contributed by atoms with Crippen LogP contribution in [0.4, 0.5) is 4.39 Å². The number of ketones is 1. The molecule has 5 nitrogen and oxygen atoms in total. The maximum absolute atomic E-state index is 14.6. The number of benzene rings is 1. The summed E-state index contributed by atoms with van der Waals surface area (Å²) in [5.41, 5.74) is 0.808. The van der Waals surface area contributed by atoms with Gasteiger partial charge in [0.15, 0.2) is 5.76 Å². The monoisotopic (exact) mass is 394 g/mol. The van der Waals surface area contributed by atoms with Crippen molar-refractivity contribution in [3.05, 3.63) is 99.5 Å². The van der Waals surface area contributed by atoms with Crippen LogP contribution in [0.5, 0.6) is 0 Å². The number of carbonyl (C=O) groups excluding carboxylic acids is 2. The topological polar surface area (TPSA) is 70.5 Å². The van der Waals surface area contributed by atoms with E-state index in [1.54, 1.807) is 48.1 Å². The molecule has 0 aliphatic carbocycles. The fraction of sp³-hybridized carbons (Fsp3) is 0.0952. The molecule has 0 saturated heterocycles. The summed E-state index contributed by atoms with van der Waals surface area (Å²) in [4.78, 5) is 31.5. The number of hydrogen-bond donors (Lipinski definition) is 1. The lowest BCUT2D eigenvalue weighted by Crippen LogP contribution is -2.31. The first-order chi connectivity index (χ1) is 13.6. The fourth-order valence-electron chi connectivity index (χ4n) is 3.29. The minimum Gasteiger partial charge on any atom is -0.503 e. The number of halogens is 1. The molecule has 0 radical (unpaired) electrons. The second-order valence-electron chi connectivity index (χ2n) is 6.28. The van der Waals surface area contributed by atoms with Crippen molar-refractivity contribution in [1.29, 1.82) is 0 Å². The van der Waals surface area contributed by atoms with Gasteiger partial charge >= 0.3 is 0 Å². The highest BCUT2D eigenvalue weighted by Crippen LogP contribution is 2.41. The number of Topliss-reactive ketones (excluding diaryl/α,β-unsaturated/α-hetero) is 1. The summed E-state index contributed by atoms with van der Waals surface area (Å²) in [5, 5.41) is 12.3. The highest BCUT2D eigenvalue weighted by atomic mass is 32.1. The van der Waals surface area contributed by atoms with Crippen LogP contribution in [0.3, 0.4) is 0 Å². The van der Waals surface area contributed by atoms with Gasteiger partial charge in [-0.1, -0.05) is 24.3 Å². The number of carbonyl (C=O) groups is 2. The van der Waals surface area contributed by atoms with E-state index >= 15 is 0 Å². The molecular formula is C21H15FN2O3S. The lowest BCUT2D eigenvalue weighted by Gasteiger charge is -2.27. The van der Waals surface area contributed by atoms with Crippen molar-refractivity contribution in [3.63, 3.8) is 0 Å². The Balaban J connectivity index is 1.82. The van der Waals surface area contributed by atoms with E-state index in [1.165, 1.54) is 34.4 Å². The number of hydrogen-bond acceptors (Lipinski definition) is 5. The highest BCUT2D eigenvalue weighted by molar-refractivity contribution is 7.12. The fourth-order valence-corrected chi connectivity index (χ4v) is 3.97. The number of aliphatic hydroxyl groups excluding tert-OH is 1. The third-order valence-electron chi connectivity index (χ3n) is 4.60. The third kappa shape index (κ3) is 3.10. The SMILES string of the molecule is O=C(C1=C(O)C(=O)N(Cc2ccncc2)C1c1ccccc1F)c1cccs1. The molecule has 3 heterocycles. The van der Waals surface area contributed by atoms with E-state index < -0.39 is 29.3 Å². The Kier molecular flexibility index (Phi) is 4.75. The molecule has 1 aliphatic rings. The molecule has 1 amide bonds. The van der Waals surface area contributed by atoms with Gasteiger partial charge in [0.25, 0.3) is 5.91 Å². The Morgan fingerprint density at radius 3 is 2.57 bits per heavy atom. The standard InChI is InChI=1S/C21H15FN2O3S/c22-15-5-2-1-4-14(15)18-17(19(25)16-6-3-11-28-16)20(26)21(27)24(18)12-13-7-9-23-10-8-13/h1-11,18,26H,12H2. The van der Waals surface area contributed by atoms with Crippen molar-refractivity contribution >= 4 is 23.0 Å². The highest BCUT2D eigenvalue weighted by Gasteiger charge is 2.44. The van der Waals surface area contributed by atoms with Crippen molar-refractivity contribution < 1.29 is 19.1 Å². The van der Waals surface area contributed by atoms with Gasteiger partial charge in [0.1, 0.15) is 5.82 Å². The average Bonchev–Trinajstić information content (AvgIpc) is 3.32. The van der Waals surface area contributed by atoms with E-state index in [4.69, 9.17) is 0 Å². The van der Waals surface area contributed by atoms with Crippen LogP contribution in [0.15, 0.2) is 77.6 Å². The summed E-state index contributed by atoms with van der Waals surface area (Å²) in [6.07, 6.45) is 3.16. The van der Waals surface area contributed by atoms with Gasteiger partial charge in [-0.15, -0.1) is 11.3 Å². The molecule has 4 rings (SSSR count). The molecule has 1 aromatic carbocycles. The molecule has 0 fully saturated rings. The zero-order valence-electron chi connectivity index (χ0n) is 14.6. The molecule has 2 aromatic heterocycles. The van der Waals surface area contributed by atoms with E-state index in [1.807, 2.05) is 0 Å². The Hall–Kier alpha value is -3.32. The number of aliphatic hydroxyl groups is 1. The molecule has 0 bridgehead atoms. The zero-order valence-corrected chi connectivity index (χ0v) is 15.4. The van der Waals surface area contributed by atoms with Crippen LogP contribution >= 0.6 is 11.3 Å². The van der Waals surface area contributed by atoms with Crippen molar-refractivity contribution in [1.82, 2.24) is 9.88 Å². The predicted molar refractivity (Wildman–Crippen MR) is 102 cm³/mol. The van der Waals surface area contributed by atoms with E-state index in [0.29, 0.717) is 4.88 Å². The van der Waals surface area contributed by atoms with Gasteiger partial charge in [0.05, 0.1) is 16.5 Å². The largest absolute Gasteiger partial charge is 0.503 e. The van der Waals surface area contributed by atoms with Crippen molar-refractivity contribution in [2.45, 2.75) is 12.6 Å². The quantitative estimate of drug-likeness (QED) is 0.663. The average molecular weight is 394 g/mol. The van der Waals surface area contributed by atoms with Gasteiger partial charge in [-0.3, -0.25) is 14.6 Å². The van der Waals surface area contributed by atoms with E-state index in [0.717, 1.165) is 5.56 Å². The molecule has 28 heavy (non-hydrogen) atoms. The predicted octanol–water partition coefficient (Wildman–Crippen LogP) is 4.06. The van der Waals surface area contributed by atoms with Crippen LogP contribution in [0, 0.1) is 5.82 Å². The molecule has 1 unspecified atom stereocenters. The molecule has 7 heteroatoms. The van der Waals surface area contributed by atoms with Crippen molar-refractivity contribution in [2.75, 3.05) is 0 Å². The van der Waals surface area contributed by atoms with Gasteiger partial charge in [0.2, 0.25) is 5.78 Å². The molecule has 140 valence electrons. The first kappa shape index (κ1) is 18.1. The third-order valence-corrected chi connectivity index (χ3v) is 5.46. The summed E-state index contributed by atoms with van der Waals surface area (Å²) >= 11 is 1.20. The van der Waals surface area contributed by atoms with Crippen molar-refractivity contribution in [3.8, 4) is 0 Å². The molecule has 1 atom stereocenters. The number of amides is 1. The van der Waals surface area contributed by atoms with Crippen LogP contribution in [0.2, 0.25) is 0 Å². The molecule has 1 aliphatic heterocycles. The summed E-state index contributed by atoms with van der Waals surface area (Å²) in [6, 6.07) is 11.7. The smallest absolute Gasteiger partial charge is 0.290 e. The Morgan fingerprint density at radius 2 is 1.89 bits per heavy atom. The van der Waals surface area contributed by atoms with Crippen LogP contribution in [-0.4, -0.2) is 26.7 Å². The van der Waals surface area contributed by atoms with Gasteiger partial charge in [-0.25, -0.2) is 4.39 Å². The molecule has 0 spiro atoms. The van der Waals surface area contributed by atoms with E-state index in [9.17, 15) is 19.1 Å². The lowest BCUT2D eigenvalue weighted by atomic mass is 9.95. The first-order valence-electron chi connectivity index (χ1n) is 8.53. The number of thiophene rings is 1. The second-order valence-corrected chi connectivity index (χ2v) is 7.23. The normalized spacial score (nSPS) is 16.7. The molecular weight excluding hydrogens is 379 g/mol. The molecule has 0 saturated carbocycles. The van der Waals surface area contributed by atoms with Crippen LogP contribution in [0.25, 0.3) is 0 Å². The second kappa shape index (κ2) is 7.36. The molecule has 3 aromatic rings. The van der Waals surface area contributed by atoms with Gasteiger partial charge in [0, 0.05) is 24.5 Å². The van der Waals surface area contributed by atoms with Crippen LogP contribution < -0.4 is 0 Å².